The third-order valence-electron chi connectivity index (χ3n) is 11.8. The monoisotopic (exact) mass is 943 g/mol. The van der Waals surface area contributed by atoms with Crippen LogP contribution in [0.3, 0.4) is 0 Å². The van der Waals surface area contributed by atoms with Crippen molar-refractivity contribution in [3.05, 3.63) is 108 Å². The normalized spacial score (nSPS) is 18.4. The number of aliphatic hydroxyl groups is 1. The van der Waals surface area contributed by atoms with Crippen molar-refractivity contribution in [1.29, 1.82) is 0 Å². The number of fused-ring (bicyclic) bond motifs is 1. The Labute approximate surface area is 388 Å². The molecule has 0 unspecified atom stereocenters. The first-order chi connectivity index (χ1) is 32.7. The van der Waals surface area contributed by atoms with E-state index in [1.54, 1.807) is 36.3 Å². The first-order valence-corrected chi connectivity index (χ1v) is 22.1. The van der Waals surface area contributed by atoms with E-state index in [0.717, 1.165) is 11.1 Å². The minimum atomic E-state index is -5.37. The molecular formula is C46H52F3N11O8. The predicted octanol–water partition coefficient (Wildman–Crippen LogP) is 4.48. The first-order valence-electron chi connectivity index (χ1n) is 22.1. The molecule has 1 saturated carbocycles. The van der Waals surface area contributed by atoms with E-state index >= 15 is 0 Å². The number of hydrogen-bond acceptors (Lipinski definition) is 12. The lowest BCUT2D eigenvalue weighted by molar-refractivity contribution is -0.209. The Morgan fingerprint density at radius 2 is 1.51 bits per heavy atom. The van der Waals surface area contributed by atoms with Crippen LogP contribution in [0, 0.1) is 0 Å². The number of aliphatic hydroxyl groups excluding tert-OH is 1. The van der Waals surface area contributed by atoms with E-state index < -0.39 is 54.3 Å². The molecule has 4 atom stereocenters. The number of carbonyl (C=O) groups excluding carboxylic acids is 5. The van der Waals surface area contributed by atoms with Crippen molar-refractivity contribution >= 4 is 52.5 Å². The van der Waals surface area contributed by atoms with Gasteiger partial charge in [0.1, 0.15) is 17.4 Å². The number of nitrogens with zero attached hydrogens (tertiary/aromatic N) is 5. The summed E-state index contributed by atoms with van der Waals surface area (Å²) in [6.45, 7) is 2.60. The van der Waals surface area contributed by atoms with Crippen molar-refractivity contribution in [2.24, 2.45) is 0 Å². The number of carbonyl (C=O) groups is 5. The van der Waals surface area contributed by atoms with Crippen LogP contribution in [0.5, 0.6) is 5.75 Å². The number of likely N-dealkylation sites (tertiary alicyclic amines) is 1. The summed E-state index contributed by atoms with van der Waals surface area (Å²) in [4.78, 5) is 79.1. The van der Waals surface area contributed by atoms with Crippen molar-refractivity contribution < 1.29 is 51.7 Å². The number of rotatable bonds is 16. The first kappa shape index (κ1) is 48.4. The summed E-state index contributed by atoms with van der Waals surface area (Å²) in [6.07, 6.45) is -6.85. The molecule has 3 aromatic carbocycles. The minimum Gasteiger partial charge on any atom is -0.497 e. The molecule has 360 valence electrons. The predicted molar refractivity (Wildman–Crippen MR) is 242 cm³/mol. The number of hydrogen-bond donors (Lipinski definition) is 7. The zero-order valence-electron chi connectivity index (χ0n) is 37.2. The molecule has 7 rings (SSSR count). The van der Waals surface area contributed by atoms with Crippen LogP contribution >= 0.6 is 0 Å². The Balaban J connectivity index is 1.04. The number of benzene rings is 3. The van der Waals surface area contributed by atoms with Crippen molar-refractivity contribution in [2.75, 3.05) is 50.5 Å². The molecule has 7 N–H and O–H groups in total. The van der Waals surface area contributed by atoms with Gasteiger partial charge < -0.3 is 55.9 Å². The molecule has 5 aromatic rings. The fourth-order valence-corrected chi connectivity index (χ4v) is 8.21. The Kier molecular flexibility index (Phi) is 15.6. The largest absolute Gasteiger partial charge is 0.497 e. The van der Waals surface area contributed by atoms with Gasteiger partial charge in [-0.3, -0.25) is 9.59 Å². The SMILES string of the molecule is CCC(=O)N[C@H]1C[C@@H](n2cnc3c(NCC(c4ccccc4)c4ccccc4)nc(C(=O)NCCNC(=O)NC4CCN(C(=O)Nc5ccc(OC)cc5)CC4)nc32)[C@H](O)[C@@H]1OC(=O)C(F)(F)F. The number of nitrogens with one attached hydrogen (secondary N) is 6. The molecule has 68 heavy (non-hydrogen) atoms. The average molecular weight is 944 g/mol. The molecule has 0 bridgehead atoms. The van der Waals surface area contributed by atoms with Gasteiger partial charge in [-0.05, 0) is 54.7 Å². The second-order valence-corrected chi connectivity index (χ2v) is 16.2. The van der Waals surface area contributed by atoms with Crippen molar-refractivity contribution in [1.82, 2.24) is 45.7 Å². The number of anilines is 2. The van der Waals surface area contributed by atoms with Gasteiger partial charge in [0.25, 0.3) is 5.91 Å². The van der Waals surface area contributed by atoms with Crippen LogP contribution in [0.15, 0.2) is 91.3 Å². The van der Waals surface area contributed by atoms with E-state index in [1.807, 2.05) is 60.7 Å². The van der Waals surface area contributed by atoms with Crippen LogP contribution in [-0.4, -0.2) is 130 Å². The number of alkyl halides is 3. The highest BCUT2D eigenvalue weighted by Crippen LogP contribution is 2.37. The van der Waals surface area contributed by atoms with E-state index in [-0.39, 0.29) is 73.3 Å². The molecule has 1 saturated heterocycles. The maximum atomic E-state index is 13.8. The maximum Gasteiger partial charge on any atom is 0.490 e. The van der Waals surface area contributed by atoms with E-state index in [1.165, 1.54) is 17.8 Å². The third kappa shape index (κ3) is 11.9. The Morgan fingerprint density at radius 3 is 2.13 bits per heavy atom. The van der Waals surface area contributed by atoms with Gasteiger partial charge in [0.05, 0.1) is 25.5 Å². The standard InChI is InChI=1S/C46H52F3N11O8/c1-3-35(61)56-33-24-34(37(62)38(33)68-43(64)46(47,48)49)60-26-53-36-39(52-25-32(27-10-6-4-7-11-27)28-12-8-5-9-13-28)57-40(58-41(36)60)42(63)50-20-21-51-44(65)54-30-18-22-59(23-19-30)45(66)55-29-14-16-31(67-2)17-15-29/h4-17,26,30,32-34,37-38,62H,3,18-25H2,1-2H3,(H,50,63)(H,55,66)(H,56,61)(H2,51,54,65)(H,52,57,58)/t33-,34+,37-,38+/m0/s1. The molecule has 0 radical (unpaired) electrons. The molecule has 2 aliphatic rings. The smallest absolute Gasteiger partial charge is 0.490 e. The van der Waals surface area contributed by atoms with Gasteiger partial charge in [0.2, 0.25) is 11.7 Å². The average Bonchev–Trinajstić information content (AvgIpc) is 3.90. The lowest BCUT2D eigenvalue weighted by atomic mass is 9.91. The zero-order chi connectivity index (χ0) is 48.4. The van der Waals surface area contributed by atoms with Gasteiger partial charge in [-0.25, -0.2) is 29.3 Å². The molecule has 2 fully saturated rings. The van der Waals surface area contributed by atoms with Crippen LogP contribution in [0.1, 0.15) is 66.3 Å². The van der Waals surface area contributed by atoms with Crippen LogP contribution in [0.25, 0.3) is 11.2 Å². The number of esters is 1. The molecule has 1 aliphatic carbocycles. The number of imidazole rings is 1. The molecule has 2 aromatic heterocycles. The molecule has 1 aliphatic heterocycles. The van der Waals surface area contributed by atoms with Crippen molar-refractivity contribution in [3.63, 3.8) is 0 Å². The number of amides is 6. The summed E-state index contributed by atoms with van der Waals surface area (Å²) < 4.78 is 51.3. The van der Waals surface area contributed by atoms with Crippen LogP contribution in [-0.2, 0) is 14.3 Å². The van der Waals surface area contributed by atoms with Crippen molar-refractivity contribution in [2.45, 2.75) is 75.0 Å². The van der Waals surface area contributed by atoms with E-state index in [0.29, 0.717) is 37.4 Å². The minimum absolute atomic E-state index is 0.0119. The Morgan fingerprint density at radius 1 is 0.868 bits per heavy atom. The highest BCUT2D eigenvalue weighted by molar-refractivity contribution is 5.94. The lowest BCUT2D eigenvalue weighted by Gasteiger charge is -2.32. The molecule has 3 heterocycles. The summed E-state index contributed by atoms with van der Waals surface area (Å²) in [5, 5.41) is 28.5. The molecule has 0 spiro atoms. The number of methoxy groups -OCH3 is 1. The number of ether oxygens (including phenoxy) is 2. The topological polar surface area (TPSA) is 243 Å². The van der Waals surface area contributed by atoms with Gasteiger partial charge in [-0.2, -0.15) is 13.2 Å². The van der Waals surface area contributed by atoms with Crippen LogP contribution in [0.4, 0.5) is 34.3 Å². The maximum absolute atomic E-state index is 13.8. The number of halogens is 3. The second-order valence-electron chi connectivity index (χ2n) is 16.2. The van der Waals surface area contributed by atoms with Gasteiger partial charge in [0, 0.05) is 56.8 Å². The van der Waals surface area contributed by atoms with E-state index in [9.17, 15) is 42.3 Å². The van der Waals surface area contributed by atoms with Crippen LogP contribution in [0.2, 0.25) is 0 Å². The Hall–Kier alpha value is -7.49. The number of urea groups is 2. The summed E-state index contributed by atoms with van der Waals surface area (Å²) in [6, 6.07) is 23.0. The quantitative estimate of drug-likeness (QED) is 0.0535. The van der Waals surface area contributed by atoms with Crippen molar-refractivity contribution in [3.8, 4) is 5.75 Å². The summed E-state index contributed by atoms with van der Waals surface area (Å²) in [7, 11) is 1.56. The summed E-state index contributed by atoms with van der Waals surface area (Å²) in [5.41, 5.74) is 2.74. The van der Waals surface area contributed by atoms with E-state index in [4.69, 9.17) is 9.47 Å². The van der Waals surface area contributed by atoms with Gasteiger partial charge >= 0.3 is 24.2 Å². The Bertz CT molecular complexity index is 2500. The molecular weight excluding hydrogens is 892 g/mol. The zero-order valence-corrected chi connectivity index (χ0v) is 37.2. The van der Waals surface area contributed by atoms with Gasteiger partial charge in [-0.1, -0.05) is 67.6 Å². The van der Waals surface area contributed by atoms with Crippen LogP contribution < -0.4 is 36.6 Å². The molecule has 22 heteroatoms. The molecule has 19 nitrogen and oxygen atoms in total. The number of piperidine rings is 1. The third-order valence-corrected chi connectivity index (χ3v) is 11.8. The second kappa shape index (κ2) is 21.9. The van der Waals surface area contributed by atoms with Gasteiger partial charge in [-0.15, -0.1) is 0 Å². The fraction of sp³-hybridized carbons (Fsp3) is 0.391. The highest BCUT2D eigenvalue weighted by Gasteiger charge is 2.51. The van der Waals surface area contributed by atoms with Gasteiger partial charge in [0.15, 0.2) is 17.6 Å². The number of aromatic nitrogens is 4. The highest BCUT2D eigenvalue weighted by atomic mass is 19.4. The fourth-order valence-electron chi connectivity index (χ4n) is 8.21. The summed E-state index contributed by atoms with van der Waals surface area (Å²) in [5.74, 6) is -3.58. The summed E-state index contributed by atoms with van der Waals surface area (Å²) >= 11 is 0. The molecule has 6 amide bonds. The lowest BCUT2D eigenvalue weighted by Crippen LogP contribution is -2.50. The van der Waals surface area contributed by atoms with E-state index in [2.05, 4.69) is 46.9 Å².